The van der Waals surface area contributed by atoms with Crippen molar-refractivity contribution in [2.24, 2.45) is 39.4 Å². The zero-order chi connectivity index (χ0) is 26.9. The van der Waals surface area contributed by atoms with Gasteiger partial charge >= 0.3 is 0 Å². The summed E-state index contributed by atoms with van der Waals surface area (Å²) < 4.78 is 6.56. The highest BCUT2D eigenvalue weighted by molar-refractivity contribution is 5.94. The number of carbonyl (C=O) groups is 2. The van der Waals surface area contributed by atoms with Crippen LogP contribution in [0.5, 0.6) is 0 Å². The standard InChI is InChI=1S/C30H46O6/c1-25(2)16-9-10-20-27(5)14-19(32)23(29(7)12-11-22(36-29)26(3,4)35)28(27,6)15-21(33)30(20,8)17(16)13-18(31)24(25)34/h9,17-20,22-23,31-32,35H,10-15H2,1-8H3. The first-order valence-corrected chi connectivity index (χ1v) is 13.9. The normalized spacial score (nSPS) is 52.5. The molecule has 0 aromatic carbocycles. The van der Waals surface area contributed by atoms with E-state index in [1.807, 2.05) is 13.8 Å². The fraction of sp³-hybridized carbons (Fsp3) is 0.867. The van der Waals surface area contributed by atoms with E-state index in [4.69, 9.17) is 4.74 Å². The minimum atomic E-state index is -1.06. The van der Waals surface area contributed by atoms with Gasteiger partial charge in [-0.25, -0.2) is 0 Å². The van der Waals surface area contributed by atoms with E-state index in [2.05, 4.69) is 33.8 Å². The Balaban J connectivity index is 1.58. The van der Waals surface area contributed by atoms with Gasteiger partial charge in [0, 0.05) is 23.2 Å². The third-order valence-electron chi connectivity index (χ3n) is 12.2. The molecule has 3 saturated carbocycles. The van der Waals surface area contributed by atoms with E-state index < -0.39 is 39.7 Å². The Hall–Kier alpha value is -1.08. The van der Waals surface area contributed by atoms with Crippen molar-refractivity contribution in [3.63, 3.8) is 0 Å². The summed E-state index contributed by atoms with van der Waals surface area (Å²) in [4.78, 5) is 27.2. The first kappa shape index (κ1) is 26.5. The van der Waals surface area contributed by atoms with Crippen molar-refractivity contribution in [2.45, 2.75) is 123 Å². The summed E-state index contributed by atoms with van der Waals surface area (Å²) in [5.74, 6) is -0.385. The number of Topliss-reactive ketones (excluding diaryl/α,β-unsaturated/α-hetero) is 2. The highest BCUT2D eigenvalue weighted by atomic mass is 16.5. The Morgan fingerprint density at radius 1 is 1.03 bits per heavy atom. The Kier molecular flexibility index (Phi) is 5.54. The van der Waals surface area contributed by atoms with E-state index in [0.717, 1.165) is 18.4 Å². The van der Waals surface area contributed by atoms with Crippen molar-refractivity contribution >= 4 is 11.6 Å². The smallest absolute Gasteiger partial charge is 0.170 e. The Labute approximate surface area is 215 Å². The van der Waals surface area contributed by atoms with E-state index >= 15 is 0 Å². The monoisotopic (exact) mass is 502 g/mol. The van der Waals surface area contributed by atoms with E-state index in [-0.39, 0.29) is 40.8 Å². The molecule has 3 N–H and O–H groups in total. The number of carbonyl (C=O) groups excluding carboxylic acids is 2. The van der Waals surface area contributed by atoms with Crippen LogP contribution in [0.1, 0.15) is 93.9 Å². The molecule has 0 amide bonds. The van der Waals surface area contributed by atoms with Gasteiger partial charge in [0.25, 0.3) is 0 Å². The predicted molar refractivity (Wildman–Crippen MR) is 136 cm³/mol. The van der Waals surface area contributed by atoms with Gasteiger partial charge in [0.1, 0.15) is 11.9 Å². The lowest BCUT2D eigenvalue weighted by molar-refractivity contribution is -0.195. The molecule has 1 saturated heterocycles. The number of allylic oxidation sites excluding steroid dienone is 2. The number of hydrogen-bond donors (Lipinski definition) is 3. The minimum Gasteiger partial charge on any atom is -0.393 e. The Bertz CT molecular complexity index is 1020. The van der Waals surface area contributed by atoms with Crippen LogP contribution in [0.25, 0.3) is 0 Å². The largest absolute Gasteiger partial charge is 0.393 e. The van der Waals surface area contributed by atoms with E-state index in [0.29, 0.717) is 25.7 Å². The van der Waals surface area contributed by atoms with Gasteiger partial charge in [0.2, 0.25) is 0 Å². The summed E-state index contributed by atoms with van der Waals surface area (Å²) >= 11 is 0. The number of rotatable bonds is 2. The van der Waals surface area contributed by atoms with Gasteiger partial charge < -0.3 is 20.1 Å². The average Bonchev–Trinajstić information content (AvgIpc) is 3.23. The van der Waals surface area contributed by atoms with Crippen LogP contribution in [-0.4, -0.2) is 56.4 Å². The van der Waals surface area contributed by atoms with E-state index in [1.54, 1.807) is 13.8 Å². The van der Waals surface area contributed by atoms with Crippen LogP contribution in [0, 0.1) is 39.4 Å². The number of fused-ring (bicyclic) bond motifs is 5. The molecule has 1 heterocycles. The third-order valence-corrected chi connectivity index (χ3v) is 12.2. The Morgan fingerprint density at radius 2 is 1.67 bits per heavy atom. The first-order chi connectivity index (χ1) is 16.3. The molecular formula is C30H46O6. The van der Waals surface area contributed by atoms with Crippen molar-refractivity contribution in [1.29, 1.82) is 0 Å². The lowest BCUT2D eigenvalue weighted by Crippen LogP contribution is -2.65. The molecule has 6 heteroatoms. The lowest BCUT2D eigenvalue weighted by Gasteiger charge is -2.64. The topological polar surface area (TPSA) is 104 Å². The number of aliphatic hydroxyl groups excluding tert-OH is 2. The molecule has 36 heavy (non-hydrogen) atoms. The molecule has 4 fully saturated rings. The summed E-state index contributed by atoms with van der Waals surface area (Å²) in [5, 5.41) is 33.0. The van der Waals surface area contributed by atoms with Crippen LogP contribution in [0.3, 0.4) is 0 Å². The van der Waals surface area contributed by atoms with Gasteiger partial charge in [-0.1, -0.05) is 32.4 Å². The quantitative estimate of drug-likeness (QED) is 0.493. The predicted octanol–water partition coefficient (Wildman–Crippen LogP) is 3.99. The molecule has 0 aromatic heterocycles. The van der Waals surface area contributed by atoms with Crippen LogP contribution in [0.4, 0.5) is 0 Å². The maximum absolute atomic E-state index is 14.3. The second-order valence-corrected chi connectivity index (χ2v) is 14.8. The van der Waals surface area contributed by atoms with Gasteiger partial charge in [-0.2, -0.15) is 0 Å². The average molecular weight is 503 g/mol. The van der Waals surface area contributed by atoms with Crippen molar-refractivity contribution in [3.05, 3.63) is 11.6 Å². The SMILES string of the molecule is CC1(C)C(=O)C(O)CC2C1=CCC1C2(C)C(=O)CC2(C)C(C3(C)CCC(C(C)(C)O)O3)C(O)CC12C. The second kappa shape index (κ2) is 7.52. The molecule has 0 bridgehead atoms. The molecule has 202 valence electrons. The second-order valence-electron chi connectivity index (χ2n) is 14.8. The fourth-order valence-electron chi connectivity index (χ4n) is 10.1. The summed E-state index contributed by atoms with van der Waals surface area (Å²) in [6.45, 7) is 15.9. The van der Waals surface area contributed by atoms with Crippen molar-refractivity contribution in [1.82, 2.24) is 0 Å². The van der Waals surface area contributed by atoms with Gasteiger partial charge in [-0.15, -0.1) is 0 Å². The molecule has 0 radical (unpaired) electrons. The van der Waals surface area contributed by atoms with Gasteiger partial charge in [-0.05, 0) is 89.4 Å². The van der Waals surface area contributed by atoms with E-state index in [9.17, 15) is 24.9 Å². The van der Waals surface area contributed by atoms with Crippen LogP contribution >= 0.6 is 0 Å². The number of ether oxygens (including phenoxy) is 1. The lowest BCUT2D eigenvalue weighted by atomic mass is 9.38. The molecular weight excluding hydrogens is 456 g/mol. The van der Waals surface area contributed by atoms with Crippen LogP contribution in [-0.2, 0) is 14.3 Å². The maximum atomic E-state index is 14.3. The summed E-state index contributed by atoms with van der Waals surface area (Å²) in [5.41, 5.74) is -2.87. The Morgan fingerprint density at radius 3 is 2.25 bits per heavy atom. The number of aliphatic hydroxyl groups is 3. The zero-order valence-corrected chi connectivity index (χ0v) is 23.4. The first-order valence-electron chi connectivity index (χ1n) is 13.9. The molecule has 0 aromatic rings. The van der Waals surface area contributed by atoms with Gasteiger partial charge in [0.05, 0.1) is 23.4 Å². The maximum Gasteiger partial charge on any atom is 0.170 e. The van der Waals surface area contributed by atoms with Crippen LogP contribution in [0.2, 0.25) is 0 Å². The van der Waals surface area contributed by atoms with Crippen molar-refractivity contribution in [3.8, 4) is 0 Å². The number of hydrogen-bond acceptors (Lipinski definition) is 6. The van der Waals surface area contributed by atoms with Crippen molar-refractivity contribution in [2.75, 3.05) is 0 Å². The summed E-state index contributed by atoms with van der Waals surface area (Å²) in [6.07, 6.45) is 3.59. The third kappa shape index (κ3) is 3.11. The zero-order valence-electron chi connectivity index (χ0n) is 23.4. The van der Waals surface area contributed by atoms with Crippen LogP contribution in [0.15, 0.2) is 11.6 Å². The highest BCUT2D eigenvalue weighted by Crippen LogP contribution is 2.74. The molecule has 10 unspecified atom stereocenters. The minimum absolute atomic E-state index is 0.00376. The highest BCUT2D eigenvalue weighted by Gasteiger charge is 2.74. The molecule has 5 rings (SSSR count). The molecule has 1 aliphatic heterocycles. The molecule has 5 aliphatic rings. The van der Waals surface area contributed by atoms with Gasteiger partial charge in [0.15, 0.2) is 5.78 Å². The fourth-order valence-corrected chi connectivity index (χ4v) is 10.1. The number of ketones is 2. The molecule has 4 aliphatic carbocycles. The molecule has 0 spiro atoms. The molecule has 10 atom stereocenters. The van der Waals surface area contributed by atoms with Crippen molar-refractivity contribution < 1.29 is 29.6 Å². The van der Waals surface area contributed by atoms with Crippen LogP contribution < -0.4 is 0 Å². The summed E-state index contributed by atoms with van der Waals surface area (Å²) in [7, 11) is 0. The molecule has 6 nitrogen and oxygen atoms in total. The summed E-state index contributed by atoms with van der Waals surface area (Å²) in [6, 6.07) is 0. The van der Waals surface area contributed by atoms with E-state index in [1.165, 1.54) is 0 Å². The van der Waals surface area contributed by atoms with Gasteiger partial charge in [-0.3, -0.25) is 9.59 Å².